The van der Waals surface area contributed by atoms with Crippen LogP contribution in [0.25, 0.3) is 0 Å². The Bertz CT molecular complexity index is 668. The lowest BCUT2D eigenvalue weighted by Gasteiger charge is -2.09. The van der Waals surface area contributed by atoms with Crippen molar-refractivity contribution >= 4 is 17.5 Å². The highest BCUT2D eigenvalue weighted by molar-refractivity contribution is 5.96. The number of Topliss-reactive ketones (excluding diaryl/α,β-unsaturated/α-hetero) is 1. The molecular weight excluding hydrogens is 268 g/mol. The van der Waals surface area contributed by atoms with Crippen LogP contribution in [0, 0.1) is 0 Å². The standard InChI is InChI=1S/C16H16N2O3/c1-11(19)12-6-4-7-14(9-12)18-16(21)17-10-13-5-2-3-8-15(13)20/h2-9,20H,10H2,1H3,(H2,17,18,21). The molecule has 0 spiro atoms. The van der Waals surface area contributed by atoms with E-state index in [4.69, 9.17) is 0 Å². The molecule has 21 heavy (non-hydrogen) atoms. The summed E-state index contributed by atoms with van der Waals surface area (Å²) >= 11 is 0. The molecule has 0 aliphatic heterocycles. The van der Waals surface area contributed by atoms with Crippen molar-refractivity contribution in [3.63, 3.8) is 0 Å². The van der Waals surface area contributed by atoms with Crippen molar-refractivity contribution in [2.24, 2.45) is 0 Å². The van der Waals surface area contributed by atoms with Gasteiger partial charge in [0.05, 0.1) is 0 Å². The lowest BCUT2D eigenvalue weighted by Crippen LogP contribution is -2.28. The summed E-state index contributed by atoms with van der Waals surface area (Å²) in [6.45, 7) is 1.68. The lowest BCUT2D eigenvalue weighted by atomic mass is 10.1. The Morgan fingerprint density at radius 3 is 2.57 bits per heavy atom. The second-order valence-electron chi connectivity index (χ2n) is 4.57. The summed E-state index contributed by atoms with van der Waals surface area (Å²) in [7, 11) is 0. The van der Waals surface area contributed by atoms with E-state index in [0.29, 0.717) is 16.8 Å². The summed E-state index contributed by atoms with van der Waals surface area (Å²) in [5.41, 5.74) is 1.70. The molecule has 0 fully saturated rings. The molecule has 0 atom stereocenters. The molecule has 0 bridgehead atoms. The van der Waals surface area contributed by atoms with Gasteiger partial charge in [0.15, 0.2) is 5.78 Å². The zero-order valence-electron chi connectivity index (χ0n) is 11.6. The number of carbonyl (C=O) groups excluding carboxylic acids is 2. The van der Waals surface area contributed by atoms with Gasteiger partial charge in [0.25, 0.3) is 0 Å². The number of nitrogens with one attached hydrogen (secondary N) is 2. The Hall–Kier alpha value is -2.82. The summed E-state index contributed by atoms with van der Waals surface area (Å²) in [5.74, 6) is 0.0737. The second kappa shape index (κ2) is 6.56. The van der Waals surface area contributed by atoms with Crippen LogP contribution in [0.1, 0.15) is 22.8 Å². The first-order valence-corrected chi connectivity index (χ1v) is 6.49. The van der Waals surface area contributed by atoms with Crippen molar-refractivity contribution in [1.29, 1.82) is 0 Å². The van der Waals surface area contributed by atoms with Crippen LogP contribution in [0.4, 0.5) is 10.5 Å². The van der Waals surface area contributed by atoms with E-state index in [0.717, 1.165) is 0 Å². The number of anilines is 1. The molecule has 0 aliphatic rings. The van der Waals surface area contributed by atoms with Gasteiger partial charge in [0.2, 0.25) is 0 Å². The molecule has 5 nitrogen and oxygen atoms in total. The summed E-state index contributed by atoms with van der Waals surface area (Å²) in [4.78, 5) is 23.1. The number of carbonyl (C=O) groups is 2. The van der Waals surface area contributed by atoms with Gasteiger partial charge in [-0.3, -0.25) is 4.79 Å². The second-order valence-corrected chi connectivity index (χ2v) is 4.57. The number of aromatic hydroxyl groups is 1. The molecule has 2 amide bonds. The van der Waals surface area contributed by atoms with Crippen LogP contribution >= 0.6 is 0 Å². The van der Waals surface area contributed by atoms with Crippen LogP contribution in [-0.4, -0.2) is 16.9 Å². The maximum Gasteiger partial charge on any atom is 0.319 e. The Kier molecular flexibility index (Phi) is 4.56. The van der Waals surface area contributed by atoms with Gasteiger partial charge in [-0.25, -0.2) is 4.79 Å². The minimum atomic E-state index is -0.404. The van der Waals surface area contributed by atoms with Crippen LogP contribution in [-0.2, 0) is 6.54 Å². The summed E-state index contributed by atoms with van der Waals surface area (Å²) < 4.78 is 0. The number of hydrogen-bond acceptors (Lipinski definition) is 3. The highest BCUT2D eigenvalue weighted by Crippen LogP contribution is 2.15. The van der Waals surface area contributed by atoms with E-state index in [1.807, 2.05) is 0 Å². The third-order valence-electron chi connectivity index (χ3n) is 2.96. The quantitative estimate of drug-likeness (QED) is 0.755. The fraction of sp³-hybridized carbons (Fsp3) is 0.125. The highest BCUT2D eigenvalue weighted by Gasteiger charge is 2.05. The topological polar surface area (TPSA) is 78.4 Å². The summed E-state index contributed by atoms with van der Waals surface area (Å²) in [6.07, 6.45) is 0. The number of para-hydroxylation sites is 1. The summed E-state index contributed by atoms with van der Waals surface area (Å²) in [6, 6.07) is 13.1. The molecule has 108 valence electrons. The predicted octanol–water partition coefficient (Wildman–Crippen LogP) is 2.92. The molecule has 2 aromatic rings. The Morgan fingerprint density at radius 2 is 1.86 bits per heavy atom. The number of ketones is 1. The predicted molar refractivity (Wildman–Crippen MR) is 80.4 cm³/mol. The monoisotopic (exact) mass is 284 g/mol. The van der Waals surface area contributed by atoms with Crippen LogP contribution < -0.4 is 10.6 Å². The van der Waals surface area contributed by atoms with Gasteiger partial charge in [0.1, 0.15) is 5.75 Å². The maximum atomic E-state index is 11.8. The average molecular weight is 284 g/mol. The van der Waals surface area contributed by atoms with E-state index in [1.165, 1.54) is 6.92 Å². The highest BCUT2D eigenvalue weighted by atomic mass is 16.3. The first-order chi connectivity index (χ1) is 10.1. The van der Waals surface area contributed by atoms with Gasteiger partial charge < -0.3 is 15.7 Å². The Balaban J connectivity index is 1.95. The van der Waals surface area contributed by atoms with Gasteiger partial charge in [-0.2, -0.15) is 0 Å². The molecule has 0 saturated heterocycles. The smallest absolute Gasteiger partial charge is 0.319 e. The molecule has 0 heterocycles. The maximum absolute atomic E-state index is 11.8. The van der Waals surface area contributed by atoms with Gasteiger partial charge in [-0.15, -0.1) is 0 Å². The van der Waals surface area contributed by atoms with Gasteiger partial charge in [-0.05, 0) is 25.1 Å². The van der Waals surface area contributed by atoms with Crippen LogP contribution in [0.15, 0.2) is 48.5 Å². The number of urea groups is 1. The van der Waals surface area contributed by atoms with Crippen molar-refractivity contribution in [2.75, 3.05) is 5.32 Å². The van der Waals surface area contributed by atoms with E-state index in [2.05, 4.69) is 10.6 Å². The molecule has 0 aliphatic carbocycles. The van der Waals surface area contributed by atoms with E-state index in [9.17, 15) is 14.7 Å². The first-order valence-electron chi connectivity index (χ1n) is 6.49. The van der Waals surface area contributed by atoms with E-state index in [1.54, 1.807) is 48.5 Å². The first kappa shape index (κ1) is 14.6. The number of hydrogen-bond donors (Lipinski definition) is 3. The number of phenolic OH excluding ortho intramolecular Hbond substituents is 1. The van der Waals surface area contributed by atoms with E-state index >= 15 is 0 Å². The Labute approximate surface area is 122 Å². The molecule has 5 heteroatoms. The minimum absolute atomic E-state index is 0.0618. The van der Waals surface area contributed by atoms with Crippen molar-refractivity contribution in [3.05, 3.63) is 59.7 Å². The van der Waals surface area contributed by atoms with Crippen LogP contribution in [0.3, 0.4) is 0 Å². The molecule has 0 unspecified atom stereocenters. The number of rotatable bonds is 4. The largest absolute Gasteiger partial charge is 0.508 e. The fourth-order valence-electron chi connectivity index (χ4n) is 1.83. The van der Waals surface area contributed by atoms with Crippen molar-refractivity contribution < 1.29 is 14.7 Å². The molecule has 3 N–H and O–H groups in total. The average Bonchev–Trinajstić information content (AvgIpc) is 2.46. The molecule has 2 aromatic carbocycles. The fourth-order valence-corrected chi connectivity index (χ4v) is 1.83. The van der Waals surface area contributed by atoms with Crippen molar-refractivity contribution in [3.8, 4) is 5.75 Å². The number of amides is 2. The van der Waals surface area contributed by atoms with Crippen LogP contribution in [0.5, 0.6) is 5.75 Å². The lowest BCUT2D eigenvalue weighted by molar-refractivity contribution is 0.101. The molecular formula is C16H16N2O3. The van der Waals surface area contributed by atoms with Gasteiger partial charge >= 0.3 is 6.03 Å². The van der Waals surface area contributed by atoms with Gasteiger partial charge in [-0.1, -0.05) is 30.3 Å². The molecule has 0 saturated carbocycles. The Morgan fingerprint density at radius 1 is 1.10 bits per heavy atom. The normalized spacial score (nSPS) is 9.95. The molecule has 2 rings (SSSR count). The van der Waals surface area contributed by atoms with Crippen molar-refractivity contribution in [1.82, 2.24) is 5.32 Å². The van der Waals surface area contributed by atoms with E-state index < -0.39 is 6.03 Å². The molecule has 0 radical (unpaired) electrons. The third kappa shape index (κ3) is 4.07. The zero-order valence-corrected chi connectivity index (χ0v) is 11.6. The minimum Gasteiger partial charge on any atom is -0.508 e. The molecule has 0 aromatic heterocycles. The summed E-state index contributed by atoms with van der Waals surface area (Å²) in [5, 5.41) is 14.9. The third-order valence-corrected chi connectivity index (χ3v) is 2.96. The SMILES string of the molecule is CC(=O)c1cccc(NC(=O)NCc2ccccc2O)c1. The van der Waals surface area contributed by atoms with Crippen molar-refractivity contribution in [2.45, 2.75) is 13.5 Å². The van der Waals surface area contributed by atoms with E-state index in [-0.39, 0.29) is 18.1 Å². The van der Waals surface area contributed by atoms with Crippen LogP contribution in [0.2, 0.25) is 0 Å². The number of phenols is 1. The number of benzene rings is 2. The zero-order chi connectivity index (χ0) is 15.2. The van der Waals surface area contributed by atoms with Gasteiger partial charge in [0, 0.05) is 23.4 Å².